The molecule has 0 saturated carbocycles. The standard InChI is InChI=1S/C9H22N2O/c1-7-9(11(5)6)12-8(2)10(3)4/h8-9H,7H2,1-6H3. The monoisotopic (exact) mass is 174 g/mol. The summed E-state index contributed by atoms with van der Waals surface area (Å²) in [6.07, 6.45) is 1.42. The van der Waals surface area contributed by atoms with E-state index in [9.17, 15) is 0 Å². The molecule has 0 rings (SSSR count). The first kappa shape index (κ1) is 11.9. The zero-order chi connectivity index (χ0) is 9.72. The SMILES string of the molecule is CCC(OC(C)N(C)C)N(C)C. The van der Waals surface area contributed by atoms with Gasteiger partial charge in [-0.2, -0.15) is 0 Å². The van der Waals surface area contributed by atoms with Crippen molar-refractivity contribution >= 4 is 0 Å². The maximum atomic E-state index is 5.77. The van der Waals surface area contributed by atoms with Crippen molar-refractivity contribution in [2.45, 2.75) is 32.7 Å². The first-order valence-electron chi connectivity index (χ1n) is 4.47. The Balaban J connectivity index is 3.85. The van der Waals surface area contributed by atoms with Crippen LogP contribution in [-0.4, -0.2) is 50.4 Å². The Kier molecular flexibility index (Phi) is 5.46. The number of rotatable bonds is 5. The fraction of sp³-hybridized carbons (Fsp3) is 1.00. The molecule has 12 heavy (non-hydrogen) atoms. The molecule has 3 heteroatoms. The Hall–Kier alpha value is -0.120. The summed E-state index contributed by atoms with van der Waals surface area (Å²) in [5.41, 5.74) is 0. The first-order valence-corrected chi connectivity index (χ1v) is 4.47. The Morgan fingerprint density at radius 3 is 1.83 bits per heavy atom. The summed E-state index contributed by atoms with van der Waals surface area (Å²) in [7, 11) is 8.12. The summed E-state index contributed by atoms with van der Waals surface area (Å²) in [5.74, 6) is 0. The van der Waals surface area contributed by atoms with Crippen molar-refractivity contribution in [3.8, 4) is 0 Å². The molecule has 0 aliphatic rings. The van der Waals surface area contributed by atoms with Crippen LogP contribution in [-0.2, 0) is 4.74 Å². The molecule has 74 valence electrons. The van der Waals surface area contributed by atoms with Crippen LogP contribution >= 0.6 is 0 Å². The third kappa shape index (κ3) is 4.04. The summed E-state index contributed by atoms with van der Waals surface area (Å²) in [5, 5.41) is 0. The predicted octanol–water partition coefficient (Wildman–Crippen LogP) is 1.21. The predicted molar refractivity (Wildman–Crippen MR) is 52.0 cm³/mol. The van der Waals surface area contributed by atoms with E-state index in [1.807, 2.05) is 28.2 Å². The summed E-state index contributed by atoms with van der Waals surface area (Å²) in [6, 6.07) is 0. The van der Waals surface area contributed by atoms with E-state index < -0.39 is 0 Å². The number of nitrogens with zero attached hydrogens (tertiary/aromatic N) is 2. The normalized spacial score (nSPS) is 17.0. The zero-order valence-corrected chi connectivity index (χ0v) is 9.16. The Labute approximate surface area is 76.3 Å². The lowest BCUT2D eigenvalue weighted by Gasteiger charge is -2.29. The van der Waals surface area contributed by atoms with Crippen LogP contribution < -0.4 is 0 Å². The van der Waals surface area contributed by atoms with Crippen LogP contribution in [0.3, 0.4) is 0 Å². The molecule has 0 spiro atoms. The van der Waals surface area contributed by atoms with Gasteiger partial charge < -0.3 is 4.74 Å². The van der Waals surface area contributed by atoms with Crippen molar-refractivity contribution < 1.29 is 4.74 Å². The van der Waals surface area contributed by atoms with Gasteiger partial charge in [0.05, 0.1) is 0 Å². The topological polar surface area (TPSA) is 15.7 Å². The molecule has 0 aromatic rings. The van der Waals surface area contributed by atoms with E-state index in [4.69, 9.17) is 4.74 Å². The third-order valence-electron chi connectivity index (χ3n) is 2.01. The van der Waals surface area contributed by atoms with Crippen LogP contribution in [0.5, 0.6) is 0 Å². The fourth-order valence-electron chi connectivity index (χ4n) is 0.932. The molecule has 0 aromatic heterocycles. The molecule has 0 bridgehead atoms. The second-order valence-corrected chi connectivity index (χ2v) is 3.53. The molecular weight excluding hydrogens is 152 g/mol. The minimum absolute atomic E-state index is 0.178. The average Bonchev–Trinajstić information content (AvgIpc) is 1.98. The smallest absolute Gasteiger partial charge is 0.111 e. The maximum Gasteiger partial charge on any atom is 0.111 e. The second-order valence-electron chi connectivity index (χ2n) is 3.53. The molecule has 2 atom stereocenters. The highest BCUT2D eigenvalue weighted by Gasteiger charge is 2.14. The Bertz CT molecular complexity index is 115. The summed E-state index contributed by atoms with van der Waals surface area (Å²) >= 11 is 0. The van der Waals surface area contributed by atoms with Crippen LogP contribution in [0.4, 0.5) is 0 Å². The van der Waals surface area contributed by atoms with Crippen molar-refractivity contribution in [1.29, 1.82) is 0 Å². The summed E-state index contributed by atoms with van der Waals surface area (Å²) in [4.78, 5) is 4.16. The molecule has 0 fully saturated rings. The first-order chi connectivity index (χ1) is 5.49. The van der Waals surface area contributed by atoms with Crippen molar-refractivity contribution in [1.82, 2.24) is 9.80 Å². The van der Waals surface area contributed by atoms with Crippen molar-refractivity contribution in [2.24, 2.45) is 0 Å². The molecule has 0 aliphatic heterocycles. The summed E-state index contributed by atoms with van der Waals surface area (Å²) < 4.78 is 5.77. The van der Waals surface area contributed by atoms with Gasteiger partial charge in [-0.1, -0.05) is 6.92 Å². The third-order valence-corrected chi connectivity index (χ3v) is 2.01. The van der Waals surface area contributed by atoms with Crippen LogP contribution in [0.1, 0.15) is 20.3 Å². The lowest BCUT2D eigenvalue weighted by molar-refractivity contribution is -0.123. The van der Waals surface area contributed by atoms with E-state index in [0.29, 0.717) is 0 Å². The molecular formula is C9H22N2O. The van der Waals surface area contributed by atoms with E-state index >= 15 is 0 Å². The number of hydrogen-bond donors (Lipinski definition) is 0. The van der Waals surface area contributed by atoms with E-state index in [2.05, 4.69) is 23.6 Å². The van der Waals surface area contributed by atoms with Crippen LogP contribution in [0.15, 0.2) is 0 Å². The van der Waals surface area contributed by atoms with E-state index in [1.54, 1.807) is 0 Å². The van der Waals surface area contributed by atoms with Gasteiger partial charge in [0.25, 0.3) is 0 Å². The van der Waals surface area contributed by atoms with Gasteiger partial charge in [-0.15, -0.1) is 0 Å². The van der Waals surface area contributed by atoms with Crippen LogP contribution in [0.25, 0.3) is 0 Å². The van der Waals surface area contributed by atoms with Crippen LogP contribution in [0, 0.1) is 0 Å². The quantitative estimate of drug-likeness (QED) is 0.583. The highest BCUT2D eigenvalue weighted by atomic mass is 16.5. The number of ether oxygens (including phenoxy) is 1. The molecule has 0 aliphatic carbocycles. The number of hydrogen-bond acceptors (Lipinski definition) is 3. The largest absolute Gasteiger partial charge is 0.345 e. The maximum absolute atomic E-state index is 5.77. The van der Waals surface area contributed by atoms with Gasteiger partial charge in [0.15, 0.2) is 0 Å². The van der Waals surface area contributed by atoms with E-state index in [0.717, 1.165) is 6.42 Å². The Morgan fingerprint density at radius 2 is 1.58 bits per heavy atom. The lowest BCUT2D eigenvalue weighted by Crippen LogP contribution is -2.38. The molecule has 0 aromatic carbocycles. The highest BCUT2D eigenvalue weighted by molar-refractivity contribution is 4.54. The lowest BCUT2D eigenvalue weighted by atomic mass is 10.4. The van der Waals surface area contributed by atoms with E-state index in [1.165, 1.54) is 0 Å². The molecule has 0 amide bonds. The van der Waals surface area contributed by atoms with Gasteiger partial charge in [0.1, 0.15) is 12.5 Å². The minimum Gasteiger partial charge on any atom is -0.345 e. The van der Waals surface area contributed by atoms with E-state index in [-0.39, 0.29) is 12.5 Å². The van der Waals surface area contributed by atoms with Crippen LogP contribution in [0.2, 0.25) is 0 Å². The van der Waals surface area contributed by atoms with Crippen molar-refractivity contribution in [3.05, 3.63) is 0 Å². The fourth-order valence-corrected chi connectivity index (χ4v) is 0.932. The average molecular weight is 174 g/mol. The molecule has 2 unspecified atom stereocenters. The minimum atomic E-state index is 0.178. The molecule has 0 radical (unpaired) electrons. The van der Waals surface area contributed by atoms with Gasteiger partial charge in [0, 0.05) is 0 Å². The molecule has 0 N–H and O–H groups in total. The van der Waals surface area contributed by atoms with Crippen molar-refractivity contribution in [2.75, 3.05) is 28.2 Å². The van der Waals surface area contributed by atoms with Gasteiger partial charge in [-0.05, 0) is 41.5 Å². The zero-order valence-electron chi connectivity index (χ0n) is 9.16. The molecule has 0 saturated heterocycles. The second kappa shape index (κ2) is 5.51. The van der Waals surface area contributed by atoms with Gasteiger partial charge >= 0.3 is 0 Å². The summed E-state index contributed by atoms with van der Waals surface area (Å²) in [6.45, 7) is 4.19. The van der Waals surface area contributed by atoms with Gasteiger partial charge in [-0.25, -0.2) is 0 Å². The van der Waals surface area contributed by atoms with Crippen molar-refractivity contribution in [3.63, 3.8) is 0 Å². The highest BCUT2D eigenvalue weighted by Crippen LogP contribution is 2.06. The molecule has 3 nitrogen and oxygen atoms in total. The Morgan fingerprint density at radius 1 is 1.08 bits per heavy atom. The van der Waals surface area contributed by atoms with Gasteiger partial charge in [-0.3, -0.25) is 9.80 Å². The van der Waals surface area contributed by atoms with Gasteiger partial charge in [0.2, 0.25) is 0 Å². The molecule has 0 heterocycles.